The van der Waals surface area contributed by atoms with E-state index in [1.165, 1.54) is 0 Å². The van der Waals surface area contributed by atoms with Gasteiger partial charge in [-0.3, -0.25) is 4.57 Å². The van der Waals surface area contributed by atoms with Crippen LogP contribution in [0.5, 0.6) is 0 Å². The van der Waals surface area contributed by atoms with Crippen LogP contribution in [0.1, 0.15) is 53.0 Å². The van der Waals surface area contributed by atoms with Crippen molar-refractivity contribution in [3.05, 3.63) is 63.7 Å². The Balaban J connectivity index is 2.68. The highest BCUT2D eigenvalue weighted by Gasteiger charge is 2.40. The van der Waals surface area contributed by atoms with Crippen LogP contribution in [0.25, 0.3) is 0 Å². The van der Waals surface area contributed by atoms with Gasteiger partial charge in [-0.25, -0.2) is 8.42 Å². The molecule has 0 radical (unpaired) electrons. The van der Waals surface area contributed by atoms with E-state index in [1.807, 2.05) is 26.8 Å². The van der Waals surface area contributed by atoms with Crippen molar-refractivity contribution in [2.24, 2.45) is 0 Å². The number of sulfonamides is 1. The molecule has 2 aromatic rings. The van der Waals surface area contributed by atoms with Gasteiger partial charge in [0.25, 0.3) is 0 Å². The Morgan fingerprint density at radius 3 is 1.70 bits per heavy atom. The maximum absolute atomic E-state index is 13.6. The second-order valence-corrected chi connectivity index (χ2v) is 11.0. The predicted octanol–water partition coefficient (Wildman–Crippen LogP) is 5.47. The van der Waals surface area contributed by atoms with Gasteiger partial charge in [0, 0.05) is 0 Å². The van der Waals surface area contributed by atoms with E-state index in [4.69, 9.17) is 9.05 Å². The van der Waals surface area contributed by atoms with Gasteiger partial charge in [-0.15, -0.1) is 0 Å². The molecule has 0 amide bonds. The van der Waals surface area contributed by atoms with Crippen LogP contribution in [0.3, 0.4) is 0 Å². The van der Waals surface area contributed by atoms with E-state index in [0.29, 0.717) is 16.7 Å². The highest BCUT2D eigenvalue weighted by atomic mass is 32.2. The minimum atomic E-state index is -4.03. The molecule has 8 heteroatoms. The van der Waals surface area contributed by atoms with E-state index >= 15 is 0 Å². The standard InChI is InChI=1S/C22H32NO5PS/c1-8-27-29(24,28-9-2)22(20-13-11-10-12-14-20)23-30(25,26)21-18(6)16(4)15(3)17(5)19(21)7/h10-14,22-23H,8-9H2,1-7H3. The van der Waals surface area contributed by atoms with Crippen molar-refractivity contribution in [1.82, 2.24) is 4.72 Å². The zero-order valence-electron chi connectivity index (χ0n) is 18.8. The molecule has 6 nitrogen and oxygen atoms in total. The highest BCUT2D eigenvalue weighted by Crippen LogP contribution is 2.60. The molecule has 2 rings (SSSR count). The van der Waals surface area contributed by atoms with E-state index in [9.17, 15) is 13.0 Å². The van der Waals surface area contributed by atoms with Crippen molar-refractivity contribution < 1.29 is 22.0 Å². The first-order valence-electron chi connectivity index (χ1n) is 10.0. The summed E-state index contributed by atoms with van der Waals surface area (Å²) in [6, 6.07) is 8.75. The average Bonchev–Trinajstić information content (AvgIpc) is 2.70. The number of nitrogens with one attached hydrogen (secondary N) is 1. The SMILES string of the molecule is CCOP(=O)(OCC)C(NS(=O)(=O)c1c(C)c(C)c(C)c(C)c1C)c1ccccc1. The summed E-state index contributed by atoms with van der Waals surface area (Å²) in [4.78, 5) is 0.212. The normalized spacial score (nSPS) is 13.4. The molecule has 0 heterocycles. The third-order valence-corrected chi connectivity index (χ3v) is 9.68. The number of hydrogen-bond acceptors (Lipinski definition) is 5. The Labute approximate surface area is 180 Å². The largest absolute Gasteiger partial charge is 0.352 e. The molecule has 166 valence electrons. The maximum Gasteiger partial charge on any atom is 0.352 e. The molecule has 1 atom stereocenters. The fraction of sp³-hybridized carbons (Fsp3) is 0.455. The monoisotopic (exact) mass is 453 g/mol. The summed E-state index contributed by atoms with van der Waals surface area (Å²) in [7, 11) is -7.85. The van der Waals surface area contributed by atoms with Gasteiger partial charge in [0.05, 0.1) is 18.1 Å². The summed E-state index contributed by atoms with van der Waals surface area (Å²) in [6.07, 6.45) is 0. The van der Waals surface area contributed by atoms with Gasteiger partial charge in [0.2, 0.25) is 10.0 Å². The van der Waals surface area contributed by atoms with Crippen LogP contribution in [0.4, 0.5) is 0 Å². The van der Waals surface area contributed by atoms with Gasteiger partial charge < -0.3 is 9.05 Å². The maximum atomic E-state index is 13.6. The average molecular weight is 454 g/mol. The molecule has 0 fully saturated rings. The third-order valence-electron chi connectivity index (χ3n) is 5.52. The van der Waals surface area contributed by atoms with E-state index in [2.05, 4.69) is 4.72 Å². The van der Waals surface area contributed by atoms with Crippen molar-refractivity contribution in [1.29, 1.82) is 0 Å². The van der Waals surface area contributed by atoms with Gasteiger partial charge in [0.15, 0.2) is 0 Å². The first kappa shape index (κ1) is 24.8. The second-order valence-electron chi connectivity index (χ2n) is 7.26. The second kappa shape index (κ2) is 9.75. The van der Waals surface area contributed by atoms with Crippen molar-refractivity contribution in [3.63, 3.8) is 0 Å². The molecule has 30 heavy (non-hydrogen) atoms. The van der Waals surface area contributed by atoms with Crippen LogP contribution in [-0.4, -0.2) is 21.6 Å². The topological polar surface area (TPSA) is 81.7 Å². The summed E-state index contributed by atoms with van der Waals surface area (Å²) in [5.41, 5.74) is 4.79. The summed E-state index contributed by atoms with van der Waals surface area (Å²) < 4.78 is 54.4. The summed E-state index contributed by atoms with van der Waals surface area (Å²) in [5, 5.41) is 0. The quantitative estimate of drug-likeness (QED) is 0.509. The molecule has 0 aromatic heterocycles. The van der Waals surface area contributed by atoms with Crippen molar-refractivity contribution in [3.8, 4) is 0 Å². The lowest BCUT2D eigenvalue weighted by Crippen LogP contribution is -2.31. The minimum Gasteiger partial charge on any atom is -0.308 e. The Morgan fingerprint density at radius 2 is 1.27 bits per heavy atom. The van der Waals surface area contributed by atoms with Crippen LogP contribution in [-0.2, 0) is 23.6 Å². The van der Waals surface area contributed by atoms with Gasteiger partial charge >= 0.3 is 7.60 Å². The molecule has 0 aliphatic heterocycles. The van der Waals surface area contributed by atoms with Gasteiger partial charge in [-0.05, 0) is 81.8 Å². The van der Waals surface area contributed by atoms with Gasteiger partial charge in [-0.1, -0.05) is 30.3 Å². The summed E-state index contributed by atoms with van der Waals surface area (Å²) in [6.45, 7) is 13.1. The molecule has 0 aliphatic rings. The molecular weight excluding hydrogens is 421 g/mol. The van der Waals surface area contributed by atoms with E-state index in [-0.39, 0.29) is 18.1 Å². The van der Waals surface area contributed by atoms with Crippen molar-refractivity contribution >= 4 is 17.6 Å². The highest BCUT2D eigenvalue weighted by molar-refractivity contribution is 7.90. The molecular formula is C22H32NO5PS. The fourth-order valence-electron chi connectivity index (χ4n) is 3.57. The number of hydrogen-bond donors (Lipinski definition) is 1. The number of rotatable bonds is 9. The van der Waals surface area contributed by atoms with Crippen molar-refractivity contribution in [2.75, 3.05) is 13.2 Å². The van der Waals surface area contributed by atoms with E-state index < -0.39 is 23.4 Å². The van der Waals surface area contributed by atoms with Crippen LogP contribution in [0, 0.1) is 34.6 Å². The lowest BCUT2D eigenvalue weighted by atomic mass is 9.95. The first-order chi connectivity index (χ1) is 14.0. The molecule has 0 saturated heterocycles. The molecule has 0 bridgehead atoms. The van der Waals surface area contributed by atoms with E-state index in [1.54, 1.807) is 52.0 Å². The Hall–Kier alpha value is -1.50. The molecule has 0 aliphatic carbocycles. The minimum absolute atomic E-state index is 0.128. The van der Waals surface area contributed by atoms with Gasteiger partial charge in [-0.2, -0.15) is 4.72 Å². The Morgan fingerprint density at radius 1 is 0.833 bits per heavy atom. The summed E-state index contributed by atoms with van der Waals surface area (Å²) >= 11 is 0. The Kier molecular flexibility index (Phi) is 8.05. The van der Waals surface area contributed by atoms with Crippen LogP contribution >= 0.6 is 7.60 Å². The van der Waals surface area contributed by atoms with Crippen molar-refractivity contribution in [2.45, 2.75) is 59.1 Å². The summed E-state index contributed by atoms with van der Waals surface area (Å²) in [5.74, 6) is -1.16. The van der Waals surface area contributed by atoms with Crippen LogP contribution < -0.4 is 4.72 Å². The number of benzene rings is 2. The molecule has 0 saturated carbocycles. The smallest absolute Gasteiger partial charge is 0.308 e. The zero-order valence-corrected chi connectivity index (χ0v) is 20.5. The zero-order chi connectivity index (χ0) is 22.7. The Bertz CT molecular complexity index is 1010. The van der Waals surface area contributed by atoms with Crippen LogP contribution in [0.2, 0.25) is 0 Å². The first-order valence-corrected chi connectivity index (χ1v) is 13.1. The molecule has 1 unspecified atom stereocenters. The fourth-order valence-corrected chi connectivity index (χ4v) is 7.79. The van der Waals surface area contributed by atoms with E-state index in [0.717, 1.165) is 16.7 Å². The van der Waals surface area contributed by atoms with Crippen LogP contribution in [0.15, 0.2) is 35.2 Å². The predicted molar refractivity (Wildman–Crippen MR) is 120 cm³/mol. The third kappa shape index (κ3) is 4.87. The van der Waals surface area contributed by atoms with Gasteiger partial charge in [0.1, 0.15) is 5.78 Å². The molecule has 0 spiro atoms. The molecule has 1 N–H and O–H groups in total. The lowest BCUT2D eigenvalue weighted by molar-refractivity contribution is 0.210. The molecule has 2 aromatic carbocycles. The lowest BCUT2D eigenvalue weighted by Gasteiger charge is -2.28.